The Morgan fingerprint density at radius 1 is 1.11 bits per heavy atom. The summed E-state index contributed by atoms with van der Waals surface area (Å²) < 4.78 is 5.30. The van der Waals surface area contributed by atoms with Crippen molar-refractivity contribution >= 4 is 28.4 Å². The number of halogens is 1. The van der Waals surface area contributed by atoms with Gasteiger partial charge in [0.2, 0.25) is 0 Å². The summed E-state index contributed by atoms with van der Waals surface area (Å²) in [6.45, 7) is 1.92. The fourth-order valence-electron chi connectivity index (χ4n) is 3.30. The first-order chi connectivity index (χ1) is 13.1. The molecule has 1 unspecified atom stereocenters. The number of benzene rings is 2. The maximum atomic E-state index is 12.8. The van der Waals surface area contributed by atoms with Crippen LogP contribution in [-0.4, -0.2) is 47.2 Å². The Balaban J connectivity index is 1.81. The van der Waals surface area contributed by atoms with E-state index in [4.69, 9.17) is 16.3 Å². The fourth-order valence-corrected chi connectivity index (χ4v) is 3.47. The van der Waals surface area contributed by atoms with Gasteiger partial charge in [0.15, 0.2) is 6.10 Å². The predicted molar refractivity (Wildman–Crippen MR) is 105 cm³/mol. The number of carbonyl (C=O) groups excluding carboxylic acids is 1. The van der Waals surface area contributed by atoms with Crippen molar-refractivity contribution in [2.45, 2.75) is 6.10 Å². The summed E-state index contributed by atoms with van der Waals surface area (Å²) in [6, 6.07) is 16.8. The Morgan fingerprint density at radius 3 is 2.59 bits per heavy atom. The molecular formula is C21H19ClN2O3. The van der Waals surface area contributed by atoms with Gasteiger partial charge in [0.1, 0.15) is 0 Å². The van der Waals surface area contributed by atoms with Gasteiger partial charge in [0.25, 0.3) is 5.91 Å². The molecule has 1 N–H and O–H groups in total. The lowest BCUT2D eigenvalue weighted by molar-refractivity contribution is -0.144. The number of pyridine rings is 1. The Labute approximate surface area is 162 Å². The number of rotatable bonds is 3. The van der Waals surface area contributed by atoms with Gasteiger partial charge in [-0.3, -0.25) is 4.79 Å². The maximum Gasteiger partial charge on any atom is 0.256 e. The number of aromatic nitrogens is 1. The summed E-state index contributed by atoms with van der Waals surface area (Å²) in [5.41, 5.74) is 2.82. The fraction of sp³-hybridized carbons (Fsp3) is 0.238. The SMILES string of the molecule is O=C(C(O)c1cc(-c2ccccc2)nc2ccc(Cl)cc12)N1CCOCC1. The number of fused-ring (bicyclic) bond motifs is 1. The molecule has 1 amide bonds. The molecule has 1 aliphatic rings. The molecule has 6 heteroatoms. The lowest BCUT2D eigenvalue weighted by Crippen LogP contribution is -2.43. The zero-order chi connectivity index (χ0) is 18.8. The number of aliphatic hydroxyl groups is 1. The summed E-state index contributed by atoms with van der Waals surface area (Å²) in [4.78, 5) is 19.2. The van der Waals surface area contributed by atoms with Crippen LogP contribution in [0.3, 0.4) is 0 Å². The highest BCUT2D eigenvalue weighted by atomic mass is 35.5. The van der Waals surface area contributed by atoms with Crippen molar-refractivity contribution in [1.29, 1.82) is 0 Å². The molecule has 1 fully saturated rings. The molecular weight excluding hydrogens is 364 g/mol. The van der Waals surface area contributed by atoms with Gasteiger partial charge < -0.3 is 14.7 Å². The van der Waals surface area contributed by atoms with Gasteiger partial charge in [-0.05, 0) is 24.3 Å². The molecule has 27 heavy (non-hydrogen) atoms. The Morgan fingerprint density at radius 2 is 1.85 bits per heavy atom. The van der Waals surface area contributed by atoms with Crippen LogP contribution < -0.4 is 0 Å². The van der Waals surface area contributed by atoms with E-state index < -0.39 is 6.10 Å². The van der Waals surface area contributed by atoms with Crippen molar-refractivity contribution in [3.8, 4) is 11.3 Å². The van der Waals surface area contributed by atoms with Gasteiger partial charge in [-0.1, -0.05) is 41.9 Å². The zero-order valence-electron chi connectivity index (χ0n) is 14.6. The molecule has 2 aromatic carbocycles. The molecule has 1 atom stereocenters. The van der Waals surface area contributed by atoms with E-state index in [1.165, 1.54) is 0 Å². The molecule has 1 aromatic heterocycles. The normalized spacial score (nSPS) is 15.7. The van der Waals surface area contributed by atoms with E-state index in [0.29, 0.717) is 53.5 Å². The number of nitrogens with zero attached hydrogens (tertiary/aromatic N) is 2. The smallest absolute Gasteiger partial charge is 0.256 e. The van der Waals surface area contributed by atoms with E-state index in [2.05, 4.69) is 4.98 Å². The minimum Gasteiger partial charge on any atom is -0.378 e. The van der Waals surface area contributed by atoms with E-state index in [-0.39, 0.29) is 5.91 Å². The van der Waals surface area contributed by atoms with E-state index in [9.17, 15) is 9.90 Å². The third kappa shape index (κ3) is 3.67. The first-order valence-corrected chi connectivity index (χ1v) is 9.21. The van der Waals surface area contributed by atoms with E-state index in [1.54, 1.807) is 29.2 Å². The van der Waals surface area contributed by atoms with Crippen LogP contribution in [0, 0.1) is 0 Å². The molecule has 4 rings (SSSR count). The molecule has 5 nitrogen and oxygen atoms in total. The molecule has 0 saturated carbocycles. The number of hydrogen-bond donors (Lipinski definition) is 1. The molecule has 138 valence electrons. The van der Waals surface area contributed by atoms with Crippen LogP contribution >= 0.6 is 11.6 Å². The predicted octanol–water partition coefficient (Wildman–Crippen LogP) is 3.45. The van der Waals surface area contributed by atoms with Crippen LogP contribution in [0.4, 0.5) is 0 Å². The van der Waals surface area contributed by atoms with E-state index in [0.717, 1.165) is 5.56 Å². The highest BCUT2D eigenvalue weighted by Gasteiger charge is 2.27. The van der Waals surface area contributed by atoms with Gasteiger partial charge >= 0.3 is 0 Å². The van der Waals surface area contributed by atoms with Gasteiger partial charge in [-0.15, -0.1) is 0 Å². The first kappa shape index (κ1) is 17.9. The van der Waals surface area contributed by atoms with Crippen molar-refractivity contribution in [2.75, 3.05) is 26.3 Å². The van der Waals surface area contributed by atoms with Crippen LogP contribution in [0.25, 0.3) is 22.2 Å². The second-order valence-corrected chi connectivity index (χ2v) is 6.90. The second kappa shape index (κ2) is 7.64. The average molecular weight is 383 g/mol. The number of aliphatic hydroxyl groups excluding tert-OH is 1. The molecule has 0 spiro atoms. The van der Waals surface area contributed by atoms with Gasteiger partial charge in [-0.25, -0.2) is 4.98 Å². The average Bonchev–Trinajstić information content (AvgIpc) is 2.73. The Kier molecular flexibility index (Phi) is 5.07. The zero-order valence-corrected chi connectivity index (χ0v) is 15.4. The number of ether oxygens (including phenoxy) is 1. The second-order valence-electron chi connectivity index (χ2n) is 6.46. The minimum absolute atomic E-state index is 0.329. The van der Waals surface area contributed by atoms with Crippen LogP contribution in [0.1, 0.15) is 11.7 Å². The minimum atomic E-state index is -1.28. The molecule has 0 bridgehead atoms. The topological polar surface area (TPSA) is 62.7 Å². The van der Waals surface area contributed by atoms with Crippen molar-refractivity contribution in [3.05, 3.63) is 65.2 Å². The van der Waals surface area contributed by atoms with E-state index >= 15 is 0 Å². The lowest BCUT2D eigenvalue weighted by atomic mass is 9.99. The monoisotopic (exact) mass is 382 g/mol. The van der Waals surface area contributed by atoms with Crippen LogP contribution in [-0.2, 0) is 9.53 Å². The molecule has 0 aliphatic carbocycles. The molecule has 2 heterocycles. The number of hydrogen-bond acceptors (Lipinski definition) is 4. The summed E-state index contributed by atoms with van der Waals surface area (Å²) in [7, 11) is 0. The third-order valence-electron chi connectivity index (χ3n) is 4.72. The molecule has 1 saturated heterocycles. The highest BCUT2D eigenvalue weighted by molar-refractivity contribution is 6.31. The van der Waals surface area contributed by atoms with E-state index in [1.807, 2.05) is 30.3 Å². The quantitative estimate of drug-likeness (QED) is 0.753. The van der Waals surface area contributed by atoms with Crippen molar-refractivity contribution in [2.24, 2.45) is 0 Å². The Hall–Kier alpha value is -2.47. The van der Waals surface area contributed by atoms with Crippen molar-refractivity contribution < 1.29 is 14.6 Å². The number of carbonyl (C=O) groups is 1. The van der Waals surface area contributed by atoms with Crippen molar-refractivity contribution in [1.82, 2.24) is 9.88 Å². The largest absolute Gasteiger partial charge is 0.378 e. The lowest BCUT2D eigenvalue weighted by Gasteiger charge is -2.29. The standard InChI is InChI=1S/C21H19ClN2O3/c22-15-6-7-18-16(12-15)17(13-19(23-18)14-4-2-1-3-5-14)20(25)21(26)24-8-10-27-11-9-24/h1-7,12-13,20,25H,8-11H2. The highest BCUT2D eigenvalue weighted by Crippen LogP contribution is 2.31. The molecule has 0 radical (unpaired) electrons. The van der Waals surface area contributed by atoms with Crippen LogP contribution in [0.5, 0.6) is 0 Å². The van der Waals surface area contributed by atoms with Crippen LogP contribution in [0.15, 0.2) is 54.6 Å². The maximum absolute atomic E-state index is 12.8. The summed E-state index contributed by atoms with van der Waals surface area (Å²) in [6.07, 6.45) is -1.28. The Bertz CT molecular complexity index is 972. The number of amides is 1. The summed E-state index contributed by atoms with van der Waals surface area (Å²) in [5, 5.41) is 12.1. The third-order valence-corrected chi connectivity index (χ3v) is 4.96. The first-order valence-electron chi connectivity index (χ1n) is 8.84. The summed E-state index contributed by atoms with van der Waals surface area (Å²) >= 11 is 6.16. The molecule has 1 aliphatic heterocycles. The van der Waals surface area contributed by atoms with Gasteiger partial charge in [-0.2, -0.15) is 0 Å². The van der Waals surface area contributed by atoms with Gasteiger partial charge in [0, 0.05) is 34.6 Å². The summed E-state index contributed by atoms with van der Waals surface area (Å²) in [5.74, 6) is -0.329. The number of morpholine rings is 1. The molecule has 3 aromatic rings. The van der Waals surface area contributed by atoms with Crippen molar-refractivity contribution in [3.63, 3.8) is 0 Å². The van der Waals surface area contributed by atoms with Crippen LogP contribution in [0.2, 0.25) is 5.02 Å². The van der Waals surface area contributed by atoms with Gasteiger partial charge in [0.05, 0.1) is 24.4 Å².